The van der Waals surface area contributed by atoms with E-state index in [-0.39, 0.29) is 6.42 Å². The number of carbonyl (C=O) groups is 1. The van der Waals surface area contributed by atoms with Crippen LogP contribution in [0.2, 0.25) is 0 Å². The Hall–Kier alpha value is -1.58. The third-order valence-electron chi connectivity index (χ3n) is 1.78. The van der Waals surface area contributed by atoms with E-state index in [1.54, 1.807) is 12.2 Å². The molecule has 0 aromatic heterocycles. The first kappa shape index (κ1) is 11.5. The maximum absolute atomic E-state index is 12.2. The Morgan fingerprint density at radius 3 is 2.20 bits per heavy atom. The maximum atomic E-state index is 12.2. The van der Waals surface area contributed by atoms with Gasteiger partial charge in [0.05, 0.1) is 5.56 Å². The molecular formula is C11H9F3O. The lowest BCUT2D eigenvalue weighted by molar-refractivity contribution is -0.137. The number of benzene rings is 1. The van der Waals surface area contributed by atoms with Gasteiger partial charge in [-0.1, -0.05) is 24.3 Å². The molecule has 0 radical (unpaired) electrons. The molecule has 0 amide bonds. The third-order valence-corrected chi connectivity index (χ3v) is 1.78. The molecule has 15 heavy (non-hydrogen) atoms. The first-order valence-electron chi connectivity index (χ1n) is 4.31. The highest BCUT2D eigenvalue weighted by Crippen LogP contribution is 2.29. The molecule has 0 fully saturated rings. The smallest absolute Gasteiger partial charge is 0.303 e. The standard InChI is InChI=1S/C11H9F3O/c12-11(13,14)10-6-4-9(5-7-10)3-1-2-8-15/h1,3-8H,2H2. The Morgan fingerprint density at radius 2 is 1.73 bits per heavy atom. The first-order valence-corrected chi connectivity index (χ1v) is 4.31. The van der Waals surface area contributed by atoms with Crippen molar-refractivity contribution in [3.63, 3.8) is 0 Å². The van der Waals surface area contributed by atoms with Crippen LogP contribution in [0.4, 0.5) is 13.2 Å². The number of hydrogen-bond acceptors (Lipinski definition) is 1. The van der Waals surface area contributed by atoms with Gasteiger partial charge in [-0.25, -0.2) is 0 Å². The van der Waals surface area contributed by atoms with Crippen molar-refractivity contribution in [1.82, 2.24) is 0 Å². The summed E-state index contributed by atoms with van der Waals surface area (Å²) in [5.74, 6) is 0. The summed E-state index contributed by atoms with van der Waals surface area (Å²) in [6, 6.07) is 4.76. The third kappa shape index (κ3) is 3.58. The maximum Gasteiger partial charge on any atom is 0.416 e. The van der Waals surface area contributed by atoms with Crippen molar-refractivity contribution >= 4 is 12.4 Å². The minimum atomic E-state index is -4.30. The normalized spacial score (nSPS) is 11.9. The summed E-state index contributed by atoms with van der Waals surface area (Å²) in [4.78, 5) is 9.98. The Labute approximate surface area is 85.2 Å². The minimum Gasteiger partial charge on any atom is -0.303 e. The SMILES string of the molecule is O=CCC=Cc1ccc(C(F)(F)F)cc1. The van der Waals surface area contributed by atoms with Gasteiger partial charge in [0.2, 0.25) is 0 Å². The second kappa shape index (κ2) is 4.77. The fourth-order valence-corrected chi connectivity index (χ4v) is 1.04. The van der Waals surface area contributed by atoms with Gasteiger partial charge in [-0.15, -0.1) is 0 Å². The first-order chi connectivity index (χ1) is 7.04. The van der Waals surface area contributed by atoms with Crippen LogP contribution in [0.5, 0.6) is 0 Å². The van der Waals surface area contributed by atoms with E-state index in [2.05, 4.69) is 0 Å². The van der Waals surface area contributed by atoms with Crippen LogP contribution in [0, 0.1) is 0 Å². The molecule has 1 nitrogen and oxygen atoms in total. The lowest BCUT2D eigenvalue weighted by Crippen LogP contribution is -2.03. The Kier molecular flexibility index (Phi) is 3.66. The summed E-state index contributed by atoms with van der Waals surface area (Å²) in [7, 11) is 0. The van der Waals surface area contributed by atoms with Gasteiger partial charge in [-0.2, -0.15) is 13.2 Å². The average molecular weight is 214 g/mol. The number of allylic oxidation sites excluding steroid dienone is 1. The van der Waals surface area contributed by atoms with Crippen LogP contribution in [-0.4, -0.2) is 6.29 Å². The van der Waals surface area contributed by atoms with Crippen molar-refractivity contribution < 1.29 is 18.0 Å². The molecule has 0 aliphatic heterocycles. The van der Waals surface area contributed by atoms with E-state index in [1.807, 2.05) is 0 Å². The highest BCUT2D eigenvalue weighted by Gasteiger charge is 2.29. The number of aldehydes is 1. The molecule has 0 N–H and O–H groups in total. The van der Waals surface area contributed by atoms with E-state index in [0.717, 1.165) is 18.4 Å². The van der Waals surface area contributed by atoms with Gasteiger partial charge in [0.1, 0.15) is 6.29 Å². The largest absolute Gasteiger partial charge is 0.416 e. The summed E-state index contributed by atoms with van der Waals surface area (Å²) in [5.41, 5.74) is -0.0279. The number of hydrogen-bond donors (Lipinski definition) is 0. The summed E-state index contributed by atoms with van der Waals surface area (Å²) in [6.45, 7) is 0. The van der Waals surface area contributed by atoms with Crippen molar-refractivity contribution in [2.24, 2.45) is 0 Å². The Morgan fingerprint density at radius 1 is 1.13 bits per heavy atom. The van der Waals surface area contributed by atoms with Gasteiger partial charge in [0.15, 0.2) is 0 Å². The van der Waals surface area contributed by atoms with Crippen molar-refractivity contribution in [2.75, 3.05) is 0 Å². The van der Waals surface area contributed by atoms with Crippen LogP contribution < -0.4 is 0 Å². The predicted molar refractivity (Wildman–Crippen MR) is 51.2 cm³/mol. The fraction of sp³-hybridized carbons (Fsp3) is 0.182. The summed E-state index contributed by atoms with van der Waals surface area (Å²) >= 11 is 0. The van der Waals surface area contributed by atoms with Crippen LogP contribution in [0.25, 0.3) is 6.08 Å². The molecule has 0 aliphatic rings. The molecule has 80 valence electrons. The second-order valence-electron chi connectivity index (χ2n) is 2.92. The molecule has 0 bridgehead atoms. The molecular weight excluding hydrogens is 205 g/mol. The minimum absolute atomic E-state index is 0.265. The Balaban J connectivity index is 2.77. The molecule has 0 aliphatic carbocycles. The molecule has 1 rings (SSSR count). The zero-order valence-corrected chi connectivity index (χ0v) is 7.79. The van der Waals surface area contributed by atoms with Crippen molar-refractivity contribution in [2.45, 2.75) is 12.6 Å². The monoisotopic (exact) mass is 214 g/mol. The molecule has 0 spiro atoms. The van der Waals surface area contributed by atoms with E-state index in [9.17, 15) is 18.0 Å². The van der Waals surface area contributed by atoms with Crippen LogP contribution >= 0.6 is 0 Å². The fourth-order valence-electron chi connectivity index (χ4n) is 1.04. The number of carbonyl (C=O) groups excluding carboxylic acids is 1. The van der Waals surface area contributed by atoms with Gasteiger partial charge in [0, 0.05) is 6.42 Å². The lowest BCUT2D eigenvalue weighted by Gasteiger charge is -2.05. The van der Waals surface area contributed by atoms with E-state index in [0.29, 0.717) is 5.56 Å². The molecule has 0 atom stereocenters. The highest BCUT2D eigenvalue weighted by molar-refractivity contribution is 5.58. The van der Waals surface area contributed by atoms with Gasteiger partial charge >= 0.3 is 6.18 Å². The Bertz CT molecular complexity index is 349. The van der Waals surface area contributed by atoms with E-state index in [4.69, 9.17) is 0 Å². The van der Waals surface area contributed by atoms with Crippen molar-refractivity contribution in [3.8, 4) is 0 Å². The molecule has 1 aromatic rings. The molecule has 0 unspecified atom stereocenters. The van der Waals surface area contributed by atoms with E-state index < -0.39 is 11.7 Å². The van der Waals surface area contributed by atoms with Gasteiger partial charge < -0.3 is 4.79 Å². The molecule has 0 saturated carbocycles. The summed E-state index contributed by atoms with van der Waals surface area (Å²) < 4.78 is 36.5. The quantitative estimate of drug-likeness (QED) is 0.705. The van der Waals surface area contributed by atoms with Gasteiger partial charge in [-0.05, 0) is 17.7 Å². The number of alkyl halides is 3. The molecule has 4 heteroatoms. The number of halogens is 3. The van der Waals surface area contributed by atoms with Crippen LogP contribution in [0.1, 0.15) is 17.5 Å². The second-order valence-corrected chi connectivity index (χ2v) is 2.92. The average Bonchev–Trinajstić information content (AvgIpc) is 2.18. The molecule has 0 saturated heterocycles. The van der Waals surface area contributed by atoms with Crippen LogP contribution in [0.3, 0.4) is 0 Å². The zero-order valence-electron chi connectivity index (χ0n) is 7.79. The van der Waals surface area contributed by atoms with Crippen molar-refractivity contribution in [1.29, 1.82) is 0 Å². The number of rotatable bonds is 3. The molecule has 0 heterocycles. The zero-order chi connectivity index (χ0) is 11.3. The van der Waals surface area contributed by atoms with E-state index in [1.165, 1.54) is 12.1 Å². The summed E-state index contributed by atoms with van der Waals surface area (Å²) in [6.07, 6.45) is -0.114. The van der Waals surface area contributed by atoms with Crippen molar-refractivity contribution in [3.05, 3.63) is 41.5 Å². The van der Waals surface area contributed by atoms with Crippen LogP contribution in [0.15, 0.2) is 30.3 Å². The van der Waals surface area contributed by atoms with Gasteiger partial charge in [0.25, 0.3) is 0 Å². The topological polar surface area (TPSA) is 17.1 Å². The molecule has 1 aromatic carbocycles. The predicted octanol–water partition coefficient (Wildman–Crippen LogP) is 3.31. The lowest BCUT2D eigenvalue weighted by atomic mass is 10.1. The summed E-state index contributed by atoms with van der Waals surface area (Å²) in [5, 5.41) is 0. The highest BCUT2D eigenvalue weighted by atomic mass is 19.4. The van der Waals surface area contributed by atoms with E-state index >= 15 is 0 Å². The van der Waals surface area contributed by atoms with Gasteiger partial charge in [-0.3, -0.25) is 0 Å². The van der Waals surface area contributed by atoms with Crippen LogP contribution in [-0.2, 0) is 11.0 Å².